The van der Waals surface area contributed by atoms with Gasteiger partial charge in [0.15, 0.2) is 5.82 Å². The molecule has 0 spiro atoms. The molecular formula is C13H15N3O2S. The van der Waals surface area contributed by atoms with Crippen LogP contribution in [-0.4, -0.2) is 34.3 Å². The van der Waals surface area contributed by atoms with E-state index in [9.17, 15) is 9.59 Å². The lowest BCUT2D eigenvalue weighted by Crippen LogP contribution is -2.46. The second kappa shape index (κ2) is 4.85. The van der Waals surface area contributed by atoms with Crippen molar-refractivity contribution in [3.05, 3.63) is 17.8 Å². The molecule has 1 N–H and O–H groups in total. The van der Waals surface area contributed by atoms with E-state index in [4.69, 9.17) is 0 Å². The third-order valence-corrected chi connectivity index (χ3v) is 4.67. The number of amides is 2. The van der Waals surface area contributed by atoms with Crippen molar-refractivity contribution >= 4 is 35.1 Å². The smallest absolute Gasteiger partial charge is 0.244 e. The van der Waals surface area contributed by atoms with Crippen molar-refractivity contribution in [2.24, 2.45) is 0 Å². The quantitative estimate of drug-likeness (QED) is 0.846. The van der Waals surface area contributed by atoms with Gasteiger partial charge in [0.2, 0.25) is 11.8 Å². The van der Waals surface area contributed by atoms with Gasteiger partial charge in [-0.2, -0.15) is 0 Å². The van der Waals surface area contributed by atoms with E-state index in [1.165, 1.54) is 4.90 Å². The zero-order valence-electron chi connectivity index (χ0n) is 10.7. The minimum absolute atomic E-state index is 0.00922. The van der Waals surface area contributed by atoms with E-state index in [0.717, 1.165) is 24.2 Å². The molecule has 100 valence electrons. The van der Waals surface area contributed by atoms with Gasteiger partial charge in [-0.15, -0.1) is 11.8 Å². The second-order valence-electron chi connectivity index (χ2n) is 4.86. The summed E-state index contributed by atoms with van der Waals surface area (Å²) in [4.78, 5) is 30.0. The Morgan fingerprint density at radius 1 is 1.58 bits per heavy atom. The minimum Gasteiger partial charge on any atom is -0.321 e. The van der Waals surface area contributed by atoms with E-state index in [0.29, 0.717) is 11.5 Å². The molecule has 1 aromatic rings. The lowest BCUT2D eigenvalue weighted by molar-refractivity contribution is -0.121. The summed E-state index contributed by atoms with van der Waals surface area (Å²) >= 11 is 1.67. The molecule has 0 aromatic carbocycles. The summed E-state index contributed by atoms with van der Waals surface area (Å²) in [7, 11) is 0. The molecule has 2 amide bonds. The third-order valence-electron chi connectivity index (χ3n) is 3.31. The predicted molar refractivity (Wildman–Crippen MR) is 75.4 cm³/mol. The molecule has 3 heterocycles. The number of anilines is 2. The van der Waals surface area contributed by atoms with Gasteiger partial charge < -0.3 is 5.32 Å². The van der Waals surface area contributed by atoms with E-state index < -0.39 is 0 Å². The Kier molecular flexibility index (Phi) is 3.18. The Balaban J connectivity index is 1.94. The van der Waals surface area contributed by atoms with Crippen molar-refractivity contribution in [1.29, 1.82) is 0 Å². The van der Waals surface area contributed by atoms with Gasteiger partial charge in [0, 0.05) is 6.20 Å². The van der Waals surface area contributed by atoms with E-state index >= 15 is 0 Å². The number of aryl methyl sites for hydroxylation is 1. The number of aromatic nitrogens is 1. The summed E-state index contributed by atoms with van der Waals surface area (Å²) in [5.74, 6) is 1.44. The van der Waals surface area contributed by atoms with Gasteiger partial charge in [0.05, 0.1) is 10.9 Å². The maximum atomic E-state index is 12.5. The first kappa shape index (κ1) is 12.5. The SMILES string of the molecule is Cc1cnc2c(c1)NC(=O)CN2C(=O)C1CCCS1. The first-order chi connectivity index (χ1) is 9.15. The van der Waals surface area contributed by atoms with Crippen molar-refractivity contribution in [3.8, 4) is 0 Å². The van der Waals surface area contributed by atoms with Crippen LogP contribution in [0, 0.1) is 6.92 Å². The molecule has 5 nitrogen and oxygen atoms in total. The molecule has 1 unspecified atom stereocenters. The summed E-state index contributed by atoms with van der Waals surface area (Å²) in [6.45, 7) is 1.98. The van der Waals surface area contributed by atoms with Crippen LogP contribution in [0.25, 0.3) is 0 Å². The van der Waals surface area contributed by atoms with Gasteiger partial charge >= 0.3 is 0 Å². The molecule has 1 fully saturated rings. The lowest BCUT2D eigenvalue weighted by atomic mass is 10.2. The molecule has 0 radical (unpaired) electrons. The molecule has 0 bridgehead atoms. The number of thioether (sulfide) groups is 1. The maximum Gasteiger partial charge on any atom is 0.244 e. The zero-order valence-corrected chi connectivity index (χ0v) is 11.5. The molecule has 0 aliphatic carbocycles. The van der Waals surface area contributed by atoms with Crippen LogP contribution in [0.1, 0.15) is 18.4 Å². The topological polar surface area (TPSA) is 62.3 Å². The van der Waals surface area contributed by atoms with Gasteiger partial charge in [-0.25, -0.2) is 4.98 Å². The molecule has 1 saturated heterocycles. The summed E-state index contributed by atoms with van der Waals surface area (Å²) in [5, 5.41) is 2.75. The normalized spacial score (nSPS) is 22.1. The number of nitrogens with zero attached hydrogens (tertiary/aromatic N) is 2. The highest BCUT2D eigenvalue weighted by molar-refractivity contribution is 8.00. The summed E-state index contributed by atoms with van der Waals surface area (Å²) in [6.07, 6.45) is 3.68. The first-order valence-corrected chi connectivity index (χ1v) is 7.39. The molecule has 1 aromatic heterocycles. The average molecular weight is 277 g/mol. The third kappa shape index (κ3) is 2.32. The minimum atomic E-state index is -0.156. The van der Waals surface area contributed by atoms with Crippen LogP contribution in [-0.2, 0) is 9.59 Å². The number of carbonyl (C=O) groups excluding carboxylic acids is 2. The standard InChI is InChI=1S/C13H15N3O2S/c1-8-5-9-12(14-6-8)16(7-11(17)15-9)13(18)10-3-2-4-19-10/h5-6,10H,2-4,7H2,1H3,(H,15,17). The highest BCUT2D eigenvalue weighted by Gasteiger charge is 2.34. The Hall–Kier alpha value is -1.56. The summed E-state index contributed by atoms with van der Waals surface area (Å²) in [5.41, 5.74) is 1.59. The maximum absolute atomic E-state index is 12.5. The van der Waals surface area contributed by atoms with Crippen molar-refractivity contribution in [1.82, 2.24) is 4.98 Å². The molecule has 1 atom stereocenters. The predicted octanol–water partition coefficient (Wildman–Crippen LogP) is 1.57. The summed E-state index contributed by atoms with van der Waals surface area (Å²) in [6, 6.07) is 1.85. The highest BCUT2D eigenvalue weighted by Crippen LogP contribution is 2.33. The van der Waals surface area contributed by atoms with Crippen LogP contribution in [0.5, 0.6) is 0 Å². The Morgan fingerprint density at radius 3 is 3.16 bits per heavy atom. The van der Waals surface area contributed by atoms with Crippen molar-refractivity contribution in [3.63, 3.8) is 0 Å². The fourth-order valence-corrected chi connectivity index (χ4v) is 3.63. The molecule has 2 aliphatic rings. The van der Waals surface area contributed by atoms with Crippen molar-refractivity contribution < 1.29 is 9.59 Å². The van der Waals surface area contributed by atoms with Gasteiger partial charge in [0.1, 0.15) is 6.54 Å². The monoisotopic (exact) mass is 277 g/mol. The number of carbonyl (C=O) groups is 2. The number of nitrogens with one attached hydrogen (secondary N) is 1. The fourth-order valence-electron chi connectivity index (χ4n) is 2.41. The number of hydrogen-bond acceptors (Lipinski definition) is 4. The van der Waals surface area contributed by atoms with Crippen LogP contribution in [0.2, 0.25) is 0 Å². The van der Waals surface area contributed by atoms with Crippen LogP contribution < -0.4 is 10.2 Å². The highest BCUT2D eigenvalue weighted by atomic mass is 32.2. The van der Waals surface area contributed by atoms with E-state index in [2.05, 4.69) is 10.3 Å². The molecule has 3 rings (SSSR count). The van der Waals surface area contributed by atoms with Crippen LogP contribution in [0.3, 0.4) is 0 Å². The number of pyridine rings is 1. The Labute approximate surface area is 115 Å². The number of fused-ring (bicyclic) bond motifs is 1. The van der Waals surface area contributed by atoms with E-state index in [1.807, 2.05) is 13.0 Å². The number of rotatable bonds is 1. The zero-order chi connectivity index (χ0) is 13.4. The van der Waals surface area contributed by atoms with Gasteiger partial charge in [-0.1, -0.05) is 0 Å². The second-order valence-corrected chi connectivity index (χ2v) is 6.17. The van der Waals surface area contributed by atoms with Crippen molar-refractivity contribution in [2.75, 3.05) is 22.5 Å². The Bertz CT molecular complexity index is 541. The number of hydrogen-bond donors (Lipinski definition) is 1. The first-order valence-electron chi connectivity index (χ1n) is 6.34. The van der Waals surface area contributed by atoms with Crippen LogP contribution in [0.15, 0.2) is 12.3 Å². The Morgan fingerprint density at radius 2 is 2.42 bits per heavy atom. The van der Waals surface area contributed by atoms with E-state index in [1.54, 1.807) is 18.0 Å². The summed E-state index contributed by atoms with van der Waals surface area (Å²) < 4.78 is 0. The van der Waals surface area contributed by atoms with Crippen LogP contribution in [0.4, 0.5) is 11.5 Å². The molecule has 19 heavy (non-hydrogen) atoms. The molecule has 2 aliphatic heterocycles. The molecule has 6 heteroatoms. The van der Waals surface area contributed by atoms with E-state index in [-0.39, 0.29) is 23.6 Å². The largest absolute Gasteiger partial charge is 0.321 e. The molecule has 0 saturated carbocycles. The van der Waals surface area contributed by atoms with Gasteiger partial charge in [-0.05, 0) is 37.1 Å². The average Bonchev–Trinajstić information content (AvgIpc) is 2.90. The van der Waals surface area contributed by atoms with Gasteiger partial charge in [0.25, 0.3) is 0 Å². The van der Waals surface area contributed by atoms with Crippen LogP contribution >= 0.6 is 11.8 Å². The fraction of sp³-hybridized carbons (Fsp3) is 0.462. The molecular weight excluding hydrogens is 262 g/mol. The van der Waals surface area contributed by atoms with Gasteiger partial charge in [-0.3, -0.25) is 14.5 Å². The van der Waals surface area contributed by atoms with Crippen molar-refractivity contribution in [2.45, 2.75) is 25.0 Å². The lowest BCUT2D eigenvalue weighted by Gasteiger charge is -2.29.